The van der Waals surface area contributed by atoms with Crippen LogP contribution in [-0.2, 0) is 54.9 Å². The fourth-order valence-corrected chi connectivity index (χ4v) is 20.9. The van der Waals surface area contributed by atoms with Crippen LogP contribution in [0, 0.1) is 27.7 Å². The first-order valence-electron chi connectivity index (χ1n) is 41.2. The Labute approximate surface area is 725 Å². The first kappa shape index (κ1) is 89.0. The van der Waals surface area contributed by atoms with Crippen molar-refractivity contribution >= 4 is 125 Å². The van der Waals surface area contributed by atoms with Crippen molar-refractivity contribution in [2.45, 2.75) is 207 Å². The van der Waals surface area contributed by atoms with Crippen LogP contribution in [-0.4, -0.2) is 226 Å². The molecule has 8 aromatic heterocycles. The molecule has 8 aromatic rings. The average Bonchev–Trinajstić information content (AvgIpc) is 1.61. The Bertz CT molecular complexity index is 4840. The van der Waals surface area contributed by atoms with Crippen molar-refractivity contribution in [3.63, 3.8) is 0 Å². The number of thiazole rings is 4. The second-order valence-corrected chi connectivity index (χ2v) is 37.3. The number of rotatable bonds is 20. The summed E-state index contributed by atoms with van der Waals surface area (Å²) < 4.78 is 0. The topological polar surface area (TPSA) is 396 Å². The van der Waals surface area contributed by atoms with Crippen LogP contribution in [0.25, 0.3) is 0 Å². The highest BCUT2D eigenvalue weighted by Gasteiger charge is 2.55. The van der Waals surface area contributed by atoms with Gasteiger partial charge in [0.15, 0.2) is 20.5 Å². The number of imide groups is 2. The molecule has 4 spiro atoms. The number of anilines is 4. The minimum absolute atomic E-state index is 0.0216. The van der Waals surface area contributed by atoms with Crippen LogP contribution < -0.4 is 42.5 Å². The Hall–Kier alpha value is -10.7. The van der Waals surface area contributed by atoms with Gasteiger partial charge in [0.25, 0.3) is 11.8 Å². The van der Waals surface area contributed by atoms with E-state index >= 15 is 0 Å². The lowest BCUT2D eigenvalue weighted by Crippen LogP contribution is -2.55. The standard InChI is InChI=1S/2C21H26N6O3S.2C21H28N6O2S/c2*1-13-10-16(4-7-22-13)12-27-18(29)21(25-20(27)30)5-8-26(9-6-21)14(2)17-11-23-19(31-17)24-15(3)28;2*1-14-10-17(4-7-22-14)12-27-13-21(25-20(27)29)5-8-26(9-6-21)15(2)18-11-23-19(30-18)24-16(3)28/h2*4,7,10-11,14H,5-6,8-9,12H2,1-3H3,(H,25,30)(H,23,24,28);2*4,7,10-11,15H,5-6,8-9,12-13H2,1-3H3,(H,25,29)(H,23,24,28)/t2*14-;2*15-/m1010/s1. The predicted octanol–water partition coefficient (Wildman–Crippen LogP) is 10.8. The minimum atomic E-state index is -0.829. The fourth-order valence-electron chi connectivity index (χ4n) is 17.1. The predicted molar refractivity (Wildman–Crippen MR) is 465 cm³/mol. The third kappa shape index (κ3) is 21.6. The fraction of sp³-hybridized carbons (Fsp3) is 0.500. The molecule has 8 aliphatic rings. The number of pyridine rings is 4. The molecule has 38 heteroatoms. The second-order valence-electron chi connectivity index (χ2n) is 33.0. The van der Waals surface area contributed by atoms with Gasteiger partial charge >= 0.3 is 24.1 Å². The molecule has 8 N–H and O–H groups in total. The molecule has 122 heavy (non-hydrogen) atoms. The van der Waals surface area contributed by atoms with E-state index in [0.717, 1.165) is 129 Å². The Morgan fingerprint density at radius 1 is 0.361 bits per heavy atom. The highest BCUT2D eigenvalue weighted by atomic mass is 32.1. The Kier molecular flexibility index (Phi) is 28.0. The summed E-state index contributed by atoms with van der Waals surface area (Å²) in [5.41, 5.74) is 5.68. The molecule has 16 rings (SSSR count). The average molecular weight is 1740 g/mol. The number of carbonyl (C=O) groups excluding carboxylic acids is 10. The Morgan fingerprint density at radius 3 is 0.852 bits per heavy atom. The lowest BCUT2D eigenvalue weighted by molar-refractivity contribution is -0.134. The first-order valence-corrected chi connectivity index (χ1v) is 44.5. The highest BCUT2D eigenvalue weighted by Crippen LogP contribution is 2.41. The van der Waals surface area contributed by atoms with E-state index in [0.29, 0.717) is 85.5 Å². The van der Waals surface area contributed by atoms with Crippen LogP contribution in [0.2, 0.25) is 0 Å². The van der Waals surface area contributed by atoms with Gasteiger partial charge in [-0.05, 0) is 178 Å². The first-order chi connectivity index (χ1) is 58.2. The number of nitrogens with one attached hydrogen (secondary N) is 8. The van der Waals surface area contributed by atoms with E-state index in [-0.39, 0.29) is 108 Å². The van der Waals surface area contributed by atoms with Gasteiger partial charge < -0.3 is 52.3 Å². The Balaban J connectivity index is 0.000000140. The van der Waals surface area contributed by atoms with Crippen molar-refractivity contribution in [2.75, 3.05) is 86.7 Å². The van der Waals surface area contributed by atoms with Crippen molar-refractivity contribution in [3.05, 3.63) is 163 Å². The number of hydrogen-bond acceptors (Lipinski definition) is 26. The van der Waals surface area contributed by atoms with Gasteiger partial charge in [-0.1, -0.05) is 0 Å². The molecule has 0 unspecified atom stereocenters. The van der Waals surface area contributed by atoms with Gasteiger partial charge in [-0.2, -0.15) is 0 Å². The van der Waals surface area contributed by atoms with Crippen LogP contribution in [0.5, 0.6) is 0 Å². The van der Waals surface area contributed by atoms with Gasteiger partial charge in [-0.3, -0.25) is 78.1 Å². The maximum atomic E-state index is 13.2. The summed E-state index contributed by atoms with van der Waals surface area (Å²) in [5.74, 6) is -0.792. The number of urea groups is 4. The summed E-state index contributed by atoms with van der Waals surface area (Å²) in [6.45, 7) is 31.7. The molecule has 0 saturated carbocycles. The zero-order chi connectivity index (χ0) is 87.0. The molecule has 8 saturated heterocycles. The SMILES string of the molecule is CC(=O)Nc1ncc([C@@H](C)N2CCC3(CC2)CN(Cc2ccnc(C)c2)C(=O)N3)s1.CC(=O)Nc1ncc([C@@H](C)N2CCC3(CC2)NC(=O)N(Cc2ccnc(C)c2)C3=O)s1.CC(=O)Nc1ncc([C@H](C)N2CCC3(CC2)CN(Cc2ccnc(C)c2)C(=O)N3)s1.CC(=O)Nc1ncc([C@H](C)N2CCC3(CC2)NC(=O)N(Cc2ccnc(C)c2)C3=O)s1. The largest absolute Gasteiger partial charge is 0.331 e. The molecular formula is C84H108N24O10S4. The van der Waals surface area contributed by atoms with Gasteiger partial charge in [0.05, 0.1) is 24.2 Å². The number of carbonyl (C=O) groups is 10. The van der Waals surface area contributed by atoms with E-state index in [1.807, 2.05) is 98.4 Å². The van der Waals surface area contributed by atoms with Crippen LogP contribution in [0.4, 0.5) is 39.7 Å². The molecule has 14 amide bonds. The third-order valence-electron chi connectivity index (χ3n) is 23.9. The molecule has 0 bridgehead atoms. The van der Waals surface area contributed by atoms with Gasteiger partial charge in [0.2, 0.25) is 23.6 Å². The maximum Gasteiger partial charge on any atom is 0.325 e. The Morgan fingerprint density at radius 2 is 0.607 bits per heavy atom. The van der Waals surface area contributed by atoms with E-state index in [2.05, 4.69) is 130 Å². The van der Waals surface area contributed by atoms with Crippen molar-refractivity contribution in [2.24, 2.45) is 0 Å². The number of aryl methyl sites for hydroxylation is 4. The van der Waals surface area contributed by atoms with E-state index in [1.165, 1.54) is 82.8 Å². The van der Waals surface area contributed by atoms with Gasteiger partial charge in [-0.25, -0.2) is 39.1 Å². The third-order valence-corrected chi connectivity index (χ3v) is 28.3. The lowest BCUT2D eigenvalue weighted by atomic mass is 9.87. The molecule has 8 aliphatic heterocycles. The molecule has 34 nitrogen and oxygen atoms in total. The summed E-state index contributed by atoms with van der Waals surface area (Å²) in [7, 11) is 0. The smallest absolute Gasteiger partial charge is 0.325 e. The molecule has 4 atom stereocenters. The maximum absolute atomic E-state index is 13.2. The van der Waals surface area contributed by atoms with Gasteiger partial charge in [0, 0.05) is 222 Å². The number of aromatic nitrogens is 8. The second kappa shape index (κ2) is 38.4. The van der Waals surface area contributed by atoms with Crippen LogP contribution in [0.3, 0.4) is 0 Å². The number of hydrogen-bond donors (Lipinski definition) is 8. The minimum Gasteiger partial charge on any atom is -0.331 e. The zero-order valence-electron chi connectivity index (χ0n) is 71.0. The summed E-state index contributed by atoms with van der Waals surface area (Å²) in [4.78, 5) is 176. The lowest BCUT2D eigenvalue weighted by Gasteiger charge is -2.41. The van der Waals surface area contributed by atoms with E-state index in [1.54, 1.807) is 37.2 Å². The van der Waals surface area contributed by atoms with Crippen LogP contribution >= 0.6 is 45.3 Å². The zero-order valence-corrected chi connectivity index (χ0v) is 74.2. The molecule has 648 valence electrons. The number of likely N-dealkylation sites (tertiary alicyclic amines) is 4. The molecule has 0 aromatic carbocycles. The quantitative estimate of drug-likeness (QED) is 0.0329. The molecule has 0 radical (unpaired) electrons. The molecule has 0 aliphatic carbocycles. The van der Waals surface area contributed by atoms with Crippen LogP contribution in [0.15, 0.2) is 98.1 Å². The van der Waals surface area contributed by atoms with Crippen molar-refractivity contribution < 1.29 is 47.9 Å². The monoisotopic (exact) mass is 1740 g/mol. The van der Waals surface area contributed by atoms with E-state index in [9.17, 15) is 47.9 Å². The highest BCUT2D eigenvalue weighted by molar-refractivity contribution is 7.16. The number of amides is 14. The van der Waals surface area contributed by atoms with Crippen LogP contribution in [0.1, 0.15) is 195 Å². The van der Waals surface area contributed by atoms with E-state index < -0.39 is 11.1 Å². The summed E-state index contributed by atoms with van der Waals surface area (Å²) in [6, 6.07) is 15.5. The van der Waals surface area contributed by atoms with Crippen molar-refractivity contribution in [1.29, 1.82) is 0 Å². The van der Waals surface area contributed by atoms with Crippen molar-refractivity contribution in [3.8, 4) is 0 Å². The molecular weight excluding hydrogens is 1630 g/mol. The molecule has 8 fully saturated rings. The number of nitrogens with zero attached hydrogens (tertiary/aromatic N) is 16. The summed E-state index contributed by atoms with van der Waals surface area (Å²) in [5, 5.41) is 25.8. The van der Waals surface area contributed by atoms with Gasteiger partial charge in [0.1, 0.15) is 11.1 Å². The summed E-state index contributed by atoms with van der Waals surface area (Å²) in [6.07, 6.45) is 20.2. The summed E-state index contributed by atoms with van der Waals surface area (Å²) >= 11 is 5.96. The van der Waals surface area contributed by atoms with E-state index in [4.69, 9.17) is 0 Å². The number of piperidine rings is 4. The van der Waals surface area contributed by atoms with Crippen molar-refractivity contribution in [1.82, 2.24) is 100 Å². The van der Waals surface area contributed by atoms with Gasteiger partial charge in [-0.15, -0.1) is 45.3 Å². The normalized spacial score (nSPS) is 19.6. The molecule has 16 heterocycles.